The van der Waals surface area contributed by atoms with Crippen molar-refractivity contribution in [1.29, 1.82) is 0 Å². The molecule has 28 heavy (non-hydrogen) atoms. The number of benzene rings is 2. The first-order chi connectivity index (χ1) is 13.3. The van der Waals surface area contributed by atoms with Crippen LogP contribution < -0.4 is 5.32 Å². The number of carboxylic acids is 1. The highest BCUT2D eigenvalue weighted by molar-refractivity contribution is 7.12. The summed E-state index contributed by atoms with van der Waals surface area (Å²) in [6.07, 6.45) is 0.730. The Bertz CT molecular complexity index is 1110. The topological polar surface area (TPSA) is 83.5 Å². The van der Waals surface area contributed by atoms with Gasteiger partial charge >= 0.3 is 5.97 Å². The fraction of sp³-hybridized carbons (Fsp3) is 0.0500. The van der Waals surface area contributed by atoms with Gasteiger partial charge in [-0.2, -0.15) is 0 Å². The van der Waals surface area contributed by atoms with Crippen LogP contribution >= 0.6 is 34.5 Å². The molecule has 0 aliphatic carbocycles. The first kappa shape index (κ1) is 20.1. The maximum absolute atomic E-state index is 12.6. The Kier molecular flexibility index (Phi) is 5.84. The molecule has 8 heteroatoms. The summed E-state index contributed by atoms with van der Waals surface area (Å²) in [6, 6.07) is 9.33. The monoisotopic (exact) mass is 433 g/mol. The number of aryl methyl sites for hydroxylation is 1. The molecule has 0 aliphatic rings. The number of carbonyl (C=O) groups excluding carboxylic acids is 2. The van der Waals surface area contributed by atoms with Crippen LogP contribution in [0.1, 0.15) is 36.0 Å². The van der Waals surface area contributed by atoms with Crippen LogP contribution in [0, 0.1) is 6.92 Å². The quantitative estimate of drug-likeness (QED) is 0.498. The fourth-order valence-corrected chi connectivity index (χ4v) is 4.00. The Morgan fingerprint density at radius 3 is 2.50 bits per heavy atom. The summed E-state index contributed by atoms with van der Waals surface area (Å²) in [5, 5.41) is 14.6. The minimum atomic E-state index is -1.20. The minimum absolute atomic E-state index is 0.0866. The molecule has 3 aromatic rings. The van der Waals surface area contributed by atoms with Gasteiger partial charge in [0.15, 0.2) is 6.29 Å². The van der Waals surface area contributed by atoms with Crippen molar-refractivity contribution in [2.24, 2.45) is 0 Å². The predicted molar refractivity (Wildman–Crippen MR) is 111 cm³/mol. The third-order valence-electron chi connectivity index (χ3n) is 4.09. The second-order valence-electron chi connectivity index (χ2n) is 5.92. The molecule has 1 aromatic heterocycles. The normalized spacial score (nSPS) is 10.5. The fourth-order valence-electron chi connectivity index (χ4n) is 2.78. The lowest BCUT2D eigenvalue weighted by Gasteiger charge is -2.15. The molecule has 0 saturated heterocycles. The van der Waals surface area contributed by atoms with Crippen LogP contribution in [0.4, 0.5) is 5.69 Å². The van der Waals surface area contributed by atoms with E-state index in [1.807, 2.05) is 0 Å². The van der Waals surface area contributed by atoms with Gasteiger partial charge in [-0.3, -0.25) is 9.59 Å². The molecule has 5 nitrogen and oxygen atoms in total. The van der Waals surface area contributed by atoms with Crippen molar-refractivity contribution in [2.75, 3.05) is 5.32 Å². The lowest BCUT2D eigenvalue weighted by molar-refractivity contribution is 0.0698. The van der Waals surface area contributed by atoms with Crippen molar-refractivity contribution < 1.29 is 19.5 Å². The lowest BCUT2D eigenvalue weighted by Crippen LogP contribution is -2.16. The first-order valence-electron chi connectivity index (χ1n) is 7.99. The number of aldehydes is 1. The van der Waals surface area contributed by atoms with E-state index in [0.29, 0.717) is 26.6 Å². The van der Waals surface area contributed by atoms with E-state index in [1.165, 1.54) is 35.6 Å². The number of hydrogen-bond acceptors (Lipinski definition) is 4. The SMILES string of the molecule is Cc1cc(-c2ccsc2C=O)cc(C(=O)O)c1NC(=O)c1ccc(Cl)cc1Cl. The van der Waals surface area contributed by atoms with Crippen molar-refractivity contribution in [1.82, 2.24) is 0 Å². The molecule has 0 aliphatic heterocycles. The van der Waals surface area contributed by atoms with E-state index in [9.17, 15) is 19.5 Å². The number of nitrogens with one attached hydrogen (secondary N) is 1. The summed E-state index contributed by atoms with van der Waals surface area (Å²) < 4.78 is 0. The summed E-state index contributed by atoms with van der Waals surface area (Å²) in [4.78, 5) is 36.1. The Morgan fingerprint density at radius 1 is 1.11 bits per heavy atom. The molecular weight excluding hydrogens is 421 g/mol. The van der Waals surface area contributed by atoms with E-state index < -0.39 is 11.9 Å². The van der Waals surface area contributed by atoms with Crippen LogP contribution in [0.3, 0.4) is 0 Å². The number of hydrogen-bond donors (Lipinski definition) is 2. The van der Waals surface area contributed by atoms with Gasteiger partial charge in [0, 0.05) is 10.6 Å². The van der Waals surface area contributed by atoms with Gasteiger partial charge in [-0.05, 0) is 59.8 Å². The molecule has 0 saturated carbocycles. The van der Waals surface area contributed by atoms with Gasteiger partial charge in [-0.15, -0.1) is 11.3 Å². The Hall–Kier alpha value is -2.67. The highest BCUT2D eigenvalue weighted by atomic mass is 35.5. The Labute approximate surface area is 174 Å². The molecule has 0 atom stereocenters. The zero-order valence-corrected chi connectivity index (χ0v) is 16.8. The Balaban J connectivity index is 2.05. The summed E-state index contributed by atoms with van der Waals surface area (Å²) in [7, 11) is 0. The molecule has 0 unspecified atom stereocenters. The van der Waals surface area contributed by atoms with Crippen LogP contribution in [0.25, 0.3) is 11.1 Å². The van der Waals surface area contributed by atoms with Crippen LogP contribution in [0.5, 0.6) is 0 Å². The van der Waals surface area contributed by atoms with Gasteiger partial charge in [0.05, 0.1) is 26.7 Å². The van der Waals surface area contributed by atoms with Gasteiger partial charge in [-0.1, -0.05) is 23.2 Å². The van der Waals surface area contributed by atoms with Crippen molar-refractivity contribution in [3.05, 3.63) is 73.4 Å². The van der Waals surface area contributed by atoms with Gasteiger partial charge in [0.25, 0.3) is 5.91 Å². The van der Waals surface area contributed by atoms with Crippen LogP contribution in [-0.2, 0) is 0 Å². The van der Waals surface area contributed by atoms with Crippen LogP contribution in [0.2, 0.25) is 10.0 Å². The number of amides is 1. The van der Waals surface area contributed by atoms with Crippen molar-refractivity contribution in [3.8, 4) is 11.1 Å². The van der Waals surface area contributed by atoms with Crippen molar-refractivity contribution in [2.45, 2.75) is 6.92 Å². The summed E-state index contributed by atoms with van der Waals surface area (Å²) in [6.45, 7) is 1.68. The summed E-state index contributed by atoms with van der Waals surface area (Å²) in [5.74, 6) is -1.76. The zero-order valence-electron chi connectivity index (χ0n) is 14.5. The highest BCUT2D eigenvalue weighted by Gasteiger charge is 2.20. The molecule has 2 aromatic carbocycles. The lowest BCUT2D eigenvalue weighted by atomic mass is 9.98. The van der Waals surface area contributed by atoms with E-state index in [4.69, 9.17) is 23.2 Å². The molecule has 2 N–H and O–H groups in total. The number of thiophene rings is 1. The first-order valence-corrected chi connectivity index (χ1v) is 9.62. The number of carboxylic acid groups (broad SMARTS) is 1. The molecule has 0 radical (unpaired) electrons. The average molecular weight is 434 g/mol. The predicted octanol–water partition coefficient (Wildman–Crippen LogP) is 5.79. The largest absolute Gasteiger partial charge is 0.478 e. The van der Waals surface area contributed by atoms with Gasteiger partial charge in [0.1, 0.15) is 0 Å². The molecule has 0 fully saturated rings. The molecule has 1 amide bonds. The van der Waals surface area contributed by atoms with Gasteiger partial charge in [0.2, 0.25) is 0 Å². The number of rotatable bonds is 5. The smallest absolute Gasteiger partial charge is 0.337 e. The van der Waals surface area contributed by atoms with Gasteiger partial charge < -0.3 is 10.4 Å². The molecular formula is C20H13Cl2NO4S. The third-order valence-corrected chi connectivity index (χ3v) is 5.48. The van der Waals surface area contributed by atoms with E-state index in [1.54, 1.807) is 24.4 Å². The van der Waals surface area contributed by atoms with E-state index in [2.05, 4.69) is 5.32 Å². The van der Waals surface area contributed by atoms with Crippen LogP contribution in [-0.4, -0.2) is 23.3 Å². The number of carbonyl (C=O) groups is 3. The molecule has 0 spiro atoms. The number of aromatic carboxylic acids is 1. The van der Waals surface area contributed by atoms with Crippen molar-refractivity contribution in [3.63, 3.8) is 0 Å². The van der Waals surface area contributed by atoms with Crippen molar-refractivity contribution >= 4 is 58.4 Å². The standard InChI is InChI=1S/C20H13Cl2NO4S/c1-10-6-11(13-4-5-28-17(13)9-24)7-15(20(26)27)18(10)23-19(25)14-3-2-12(21)8-16(14)22/h2-9H,1H3,(H,23,25)(H,26,27). The van der Waals surface area contributed by atoms with E-state index in [-0.39, 0.29) is 21.8 Å². The van der Waals surface area contributed by atoms with E-state index in [0.717, 1.165) is 6.29 Å². The maximum atomic E-state index is 12.6. The number of halogens is 2. The molecule has 0 bridgehead atoms. The minimum Gasteiger partial charge on any atom is -0.478 e. The average Bonchev–Trinajstić information content (AvgIpc) is 3.11. The molecule has 1 heterocycles. The zero-order chi connectivity index (χ0) is 20.4. The summed E-state index contributed by atoms with van der Waals surface area (Å²) in [5.41, 5.74) is 2.01. The second-order valence-corrected chi connectivity index (χ2v) is 7.71. The maximum Gasteiger partial charge on any atom is 0.337 e. The third kappa shape index (κ3) is 3.94. The van der Waals surface area contributed by atoms with E-state index >= 15 is 0 Å². The summed E-state index contributed by atoms with van der Waals surface area (Å²) >= 11 is 13.2. The Morgan fingerprint density at radius 2 is 1.86 bits per heavy atom. The number of anilines is 1. The molecule has 142 valence electrons. The molecule has 3 rings (SSSR count). The van der Waals surface area contributed by atoms with Gasteiger partial charge in [-0.25, -0.2) is 4.79 Å². The van der Waals surface area contributed by atoms with Crippen LogP contribution in [0.15, 0.2) is 41.8 Å². The second kappa shape index (κ2) is 8.14. The highest BCUT2D eigenvalue weighted by Crippen LogP contribution is 2.33.